The monoisotopic (exact) mass is 407 g/mol. The number of rotatable bonds is 4. The maximum atomic E-state index is 5.16. The highest BCUT2D eigenvalue weighted by Crippen LogP contribution is 2.13. The van der Waals surface area contributed by atoms with E-state index >= 15 is 0 Å². The molecule has 2 rings (SSSR count). The van der Waals surface area contributed by atoms with E-state index in [0.717, 1.165) is 29.5 Å². The topological polar surface area (TPSA) is 65.7 Å². The Bertz CT molecular complexity index is 454. The lowest BCUT2D eigenvalue weighted by Crippen LogP contribution is -2.43. The minimum atomic E-state index is 0. The van der Waals surface area contributed by atoms with Gasteiger partial charge >= 0.3 is 0 Å². The van der Waals surface area contributed by atoms with Crippen LogP contribution in [0.3, 0.4) is 0 Å². The van der Waals surface area contributed by atoms with Gasteiger partial charge in [-0.25, -0.2) is 0 Å². The number of aromatic nitrogens is 1. The molecule has 1 aliphatic rings. The van der Waals surface area contributed by atoms with Crippen molar-refractivity contribution < 1.29 is 4.52 Å². The Hall–Kier alpha value is -0.830. The molecule has 2 heterocycles. The standard InChI is InChI=1S/C14H25N5O.HI/c1-10-13(11(2)20-18-10)9-17-14(15-3)16-8-12-6-5-7-19(12)4;/h12H,5-9H2,1-4H3,(H2,15,16,17);1H. The third-order valence-electron chi connectivity index (χ3n) is 4.01. The van der Waals surface area contributed by atoms with E-state index in [1.54, 1.807) is 7.05 Å². The molecule has 1 aromatic heterocycles. The van der Waals surface area contributed by atoms with Crippen LogP contribution in [0, 0.1) is 13.8 Å². The van der Waals surface area contributed by atoms with Crippen LogP contribution in [0.2, 0.25) is 0 Å². The van der Waals surface area contributed by atoms with Crippen LogP contribution >= 0.6 is 24.0 Å². The summed E-state index contributed by atoms with van der Waals surface area (Å²) in [4.78, 5) is 6.66. The van der Waals surface area contributed by atoms with E-state index in [0.29, 0.717) is 12.6 Å². The molecule has 0 bridgehead atoms. The van der Waals surface area contributed by atoms with Crippen molar-refractivity contribution in [3.8, 4) is 0 Å². The van der Waals surface area contributed by atoms with E-state index < -0.39 is 0 Å². The van der Waals surface area contributed by atoms with Gasteiger partial charge in [-0.2, -0.15) is 0 Å². The molecule has 0 aliphatic carbocycles. The summed E-state index contributed by atoms with van der Waals surface area (Å²) in [7, 11) is 3.97. The van der Waals surface area contributed by atoms with Gasteiger partial charge in [-0.15, -0.1) is 24.0 Å². The fourth-order valence-corrected chi connectivity index (χ4v) is 2.60. The fraction of sp³-hybridized carbons (Fsp3) is 0.714. The Morgan fingerprint density at radius 2 is 2.19 bits per heavy atom. The van der Waals surface area contributed by atoms with Crippen molar-refractivity contribution in [2.45, 2.75) is 39.3 Å². The molecule has 0 radical (unpaired) electrons. The molecule has 0 aromatic carbocycles. The predicted octanol–water partition coefficient (Wildman–Crippen LogP) is 1.67. The van der Waals surface area contributed by atoms with Crippen LogP contribution in [-0.4, -0.2) is 49.2 Å². The maximum absolute atomic E-state index is 5.16. The first-order valence-electron chi connectivity index (χ1n) is 7.18. The van der Waals surface area contributed by atoms with E-state index in [4.69, 9.17) is 4.52 Å². The number of nitrogens with one attached hydrogen (secondary N) is 2. The first-order chi connectivity index (χ1) is 9.61. The highest BCUT2D eigenvalue weighted by Gasteiger charge is 2.20. The molecule has 6 nitrogen and oxygen atoms in total. The highest BCUT2D eigenvalue weighted by atomic mass is 127. The molecule has 0 saturated carbocycles. The molecular weight excluding hydrogens is 381 g/mol. The summed E-state index contributed by atoms with van der Waals surface area (Å²) < 4.78 is 5.16. The Morgan fingerprint density at radius 1 is 1.43 bits per heavy atom. The van der Waals surface area contributed by atoms with E-state index in [-0.39, 0.29) is 24.0 Å². The van der Waals surface area contributed by atoms with Crippen molar-refractivity contribution in [2.24, 2.45) is 4.99 Å². The molecule has 1 atom stereocenters. The van der Waals surface area contributed by atoms with Gasteiger partial charge < -0.3 is 20.1 Å². The van der Waals surface area contributed by atoms with Gasteiger partial charge in [0.25, 0.3) is 0 Å². The van der Waals surface area contributed by atoms with Crippen LogP contribution in [0.1, 0.15) is 29.9 Å². The van der Waals surface area contributed by atoms with Gasteiger partial charge in [0, 0.05) is 31.7 Å². The number of aliphatic imine (C=N–C) groups is 1. The van der Waals surface area contributed by atoms with Crippen molar-refractivity contribution in [1.29, 1.82) is 0 Å². The molecule has 1 fully saturated rings. The Kier molecular flexibility index (Phi) is 7.44. The zero-order valence-electron chi connectivity index (χ0n) is 13.3. The van der Waals surface area contributed by atoms with Crippen molar-refractivity contribution in [1.82, 2.24) is 20.7 Å². The zero-order valence-corrected chi connectivity index (χ0v) is 15.6. The molecule has 120 valence electrons. The molecule has 0 spiro atoms. The van der Waals surface area contributed by atoms with Gasteiger partial charge in [0.05, 0.1) is 5.69 Å². The number of hydrogen-bond donors (Lipinski definition) is 2. The van der Waals surface area contributed by atoms with Gasteiger partial charge in [-0.3, -0.25) is 4.99 Å². The number of likely N-dealkylation sites (tertiary alicyclic amines) is 1. The van der Waals surface area contributed by atoms with Crippen molar-refractivity contribution in [2.75, 3.05) is 27.2 Å². The van der Waals surface area contributed by atoms with Crippen LogP contribution in [0.4, 0.5) is 0 Å². The first-order valence-corrected chi connectivity index (χ1v) is 7.18. The summed E-state index contributed by atoms with van der Waals surface area (Å²) in [5.41, 5.74) is 2.03. The normalized spacial score (nSPS) is 19.4. The molecule has 1 aromatic rings. The minimum Gasteiger partial charge on any atom is -0.361 e. The molecule has 2 N–H and O–H groups in total. The van der Waals surface area contributed by atoms with Gasteiger partial charge in [-0.05, 0) is 40.3 Å². The van der Waals surface area contributed by atoms with Crippen LogP contribution in [0.25, 0.3) is 0 Å². The second-order valence-electron chi connectivity index (χ2n) is 5.39. The van der Waals surface area contributed by atoms with E-state index in [9.17, 15) is 0 Å². The summed E-state index contributed by atoms with van der Waals surface area (Å²) >= 11 is 0. The van der Waals surface area contributed by atoms with E-state index in [1.165, 1.54) is 19.4 Å². The van der Waals surface area contributed by atoms with Crippen LogP contribution in [0.5, 0.6) is 0 Å². The SMILES string of the molecule is CN=C(NCc1c(C)noc1C)NCC1CCCN1C.I. The van der Waals surface area contributed by atoms with Gasteiger partial charge in [0.1, 0.15) is 5.76 Å². The smallest absolute Gasteiger partial charge is 0.191 e. The van der Waals surface area contributed by atoms with Gasteiger partial charge in [-0.1, -0.05) is 5.16 Å². The lowest BCUT2D eigenvalue weighted by Gasteiger charge is -2.21. The van der Waals surface area contributed by atoms with E-state index in [1.807, 2.05) is 13.8 Å². The summed E-state index contributed by atoms with van der Waals surface area (Å²) in [5.74, 6) is 1.69. The molecule has 1 unspecified atom stereocenters. The number of nitrogens with zero attached hydrogens (tertiary/aromatic N) is 3. The van der Waals surface area contributed by atoms with Gasteiger partial charge in [0.15, 0.2) is 5.96 Å². The maximum Gasteiger partial charge on any atom is 0.191 e. The summed E-state index contributed by atoms with van der Waals surface area (Å²) in [6.45, 7) is 6.69. The van der Waals surface area contributed by atoms with Crippen molar-refractivity contribution in [3.63, 3.8) is 0 Å². The lowest BCUT2D eigenvalue weighted by atomic mass is 10.2. The fourth-order valence-electron chi connectivity index (χ4n) is 2.60. The largest absolute Gasteiger partial charge is 0.361 e. The molecule has 1 aliphatic heterocycles. The minimum absolute atomic E-state index is 0. The quantitative estimate of drug-likeness (QED) is 0.452. The first kappa shape index (κ1) is 18.2. The molecule has 7 heteroatoms. The molecule has 0 amide bonds. The number of hydrogen-bond acceptors (Lipinski definition) is 4. The molecular formula is C14H26IN5O. The number of likely N-dealkylation sites (N-methyl/N-ethyl adjacent to an activating group) is 1. The average molecular weight is 407 g/mol. The summed E-state index contributed by atoms with van der Waals surface area (Å²) in [5, 5.41) is 10.7. The third kappa shape index (κ3) is 4.84. The number of guanidine groups is 1. The Labute approximate surface area is 143 Å². The average Bonchev–Trinajstić information content (AvgIpc) is 2.98. The van der Waals surface area contributed by atoms with Crippen LogP contribution < -0.4 is 10.6 Å². The van der Waals surface area contributed by atoms with E-state index in [2.05, 4.69) is 32.7 Å². The Morgan fingerprint density at radius 3 is 2.71 bits per heavy atom. The Balaban J connectivity index is 0.00000220. The highest BCUT2D eigenvalue weighted by molar-refractivity contribution is 14.0. The van der Waals surface area contributed by atoms with Crippen LogP contribution in [0.15, 0.2) is 9.52 Å². The van der Waals surface area contributed by atoms with Gasteiger partial charge in [0.2, 0.25) is 0 Å². The van der Waals surface area contributed by atoms with Crippen molar-refractivity contribution in [3.05, 3.63) is 17.0 Å². The summed E-state index contributed by atoms with van der Waals surface area (Å²) in [6, 6.07) is 0.604. The second kappa shape index (κ2) is 8.57. The zero-order chi connectivity index (χ0) is 14.5. The van der Waals surface area contributed by atoms with Crippen LogP contribution in [-0.2, 0) is 6.54 Å². The second-order valence-corrected chi connectivity index (χ2v) is 5.39. The van der Waals surface area contributed by atoms with Crippen molar-refractivity contribution >= 4 is 29.9 Å². The number of halogens is 1. The third-order valence-corrected chi connectivity index (χ3v) is 4.01. The summed E-state index contributed by atoms with van der Waals surface area (Å²) in [6.07, 6.45) is 2.54. The molecule has 1 saturated heterocycles. The predicted molar refractivity (Wildman–Crippen MR) is 95.2 cm³/mol. The molecule has 21 heavy (non-hydrogen) atoms. The lowest BCUT2D eigenvalue weighted by molar-refractivity contribution is 0.309. The number of aryl methyl sites for hydroxylation is 2.